The van der Waals surface area contributed by atoms with Crippen LogP contribution < -0.4 is 9.64 Å². The van der Waals surface area contributed by atoms with E-state index in [2.05, 4.69) is 31.0 Å². The fourth-order valence-corrected chi connectivity index (χ4v) is 4.48. The van der Waals surface area contributed by atoms with Gasteiger partial charge in [-0.15, -0.1) is 0 Å². The second-order valence-electron chi connectivity index (χ2n) is 7.93. The minimum absolute atomic E-state index is 0.00274. The van der Waals surface area contributed by atoms with Crippen LogP contribution in [0.4, 0.5) is 5.13 Å². The molecule has 0 aliphatic carbocycles. The number of ether oxygens (including phenoxy) is 1. The maximum Gasteiger partial charge on any atom is 0.233 e. The number of fused-ring (bicyclic) bond motifs is 1. The minimum Gasteiger partial charge on any atom is -0.494 e. The number of thiazole rings is 1. The van der Waals surface area contributed by atoms with Crippen LogP contribution in [-0.2, 0) is 17.8 Å². The van der Waals surface area contributed by atoms with E-state index in [0.717, 1.165) is 27.2 Å². The highest BCUT2D eigenvalue weighted by Crippen LogP contribution is 2.32. The molecule has 2 aromatic carbocycles. The van der Waals surface area contributed by atoms with Crippen molar-refractivity contribution < 1.29 is 9.53 Å². The van der Waals surface area contributed by atoms with E-state index < -0.39 is 0 Å². The van der Waals surface area contributed by atoms with Crippen molar-refractivity contribution in [2.75, 3.05) is 11.5 Å². The largest absolute Gasteiger partial charge is 0.494 e. The number of hydrogen-bond donors (Lipinski definition) is 0. The number of hydrogen-bond acceptors (Lipinski definition) is 5. The fourth-order valence-electron chi connectivity index (χ4n) is 3.47. The van der Waals surface area contributed by atoms with Crippen LogP contribution in [0.5, 0.6) is 5.75 Å². The van der Waals surface area contributed by atoms with Crippen LogP contribution >= 0.6 is 11.3 Å². The Balaban J connectivity index is 1.63. The molecule has 0 atom stereocenters. The lowest BCUT2D eigenvalue weighted by atomic mass is 10.0. The molecule has 0 aliphatic heterocycles. The molecular formula is C26H27N3O2S. The minimum atomic E-state index is -0.00274. The summed E-state index contributed by atoms with van der Waals surface area (Å²) in [5, 5.41) is 0.670. The molecule has 5 nitrogen and oxygen atoms in total. The molecule has 0 bridgehead atoms. The summed E-state index contributed by atoms with van der Waals surface area (Å²) in [5.41, 5.74) is 3.94. The van der Waals surface area contributed by atoms with Crippen molar-refractivity contribution in [1.82, 2.24) is 9.97 Å². The summed E-state index contributed by atoms with van der Waals surface area (Å²) in [4.78, 5) is 24.3. The van der Waals surface area contributed by atoms with E-state index in [-0.39, 0.29) is 5.91 Å². The van der Waals surface area contributed by atoms with Crippen LogP contribution in [0.25, 0.3) is 10.2 Å². The van der Waals surface area contributed by atoms with Crippen molar-refractivity contribution in [3.8, 4) is 5.75 Å². The Morgan fingerprint density at radius 3 is 2.59 bits per heavy atom. The van der Waals surface area contributed by atoms with Crippen LogP contribution in [-0.4, -0.2) is 22.5 Å². The summed E-state index contributed by atoms with van der Waals surface area (Å²) in [7, 11) is 0. The molecule has 0 N–H and O–H groups in total. The maximum absolute atomic E-state index is 13.4. The average Bonchev–Trinajstić information content (AvgIpc) is 3.21. The van der Waals surface area contributed by atoms with Gasteiger partial charge in [-0.1, -0.05) is 55.5 Å². The first-order chi connectivity index (χ1) is 15.5. The first kappa shape index (κ1) is 22.0. The number of anilines is 1. The summed E-state index contributed by atoms with van der Waals surface area (Å²) < 4.78 is 6.61. The van der Waals surface area contributed by atoms with Crippen molar-refractivity contribution in [1.29, 1.82) is 0 Å². The topological polar surface area (TPSA) is 55.3 Å². The molecule has 2 heterocycles. The van der Waals surface area contributed by atoms with E-state index in [0.29, 0.717) is 30.6 Å². The Morgan fingerprint density at radius 2 is 1.91 bits per heavy atom. The molecule has 2 aromatic heterocycles. The predicted molar refractivity (Wildman–Crippen MR) is 130 cm³/mol. The van der Waals surface area contributed by atoms with E-state index in [4.69, 9.17) is 9.72 Å². The SMILES string of the molecule is CCOc1ccc2nc(N(Cc3ccccn3)C(=O)Cc3ccc(C(C)C)cc3)sc2c1. The van der Waals surface area contributed by atoms with Gasteiger partial charge in [-0.25, -0.2) is 4.98 Å². The molecule has 164 valence electrons. The Labute approximate surface area is 192 Å². The zero-order valence-electron chi connectivity index (χ0n) is 18.6. The van der Waals surface area contributed by atoms with Gasteiger partial charge in [0.1, 0.15) is 5.75 Å². The van der Waals surface area contributed by atoms with Gasteiger partial charge in [0.15, 0.2) is 5.13 Å². The van der Waals surface area contributed by atoms with Crippen molar-refractivity contribution in [3.05, 3.63) is 83.7 Å². The number of rotatable bonds is 8. The Kier molecular flexibility index (Phi) is 6.81. The van der Waals surface area contributed by atoms with E-state index >= 15 is 0 Å². The lowest BCUT2D eigenvalue weighted by molar-refractivity contribution is -0.118. The summed E-state index contributed by atoms with van der Waals surface area (Å²) >= 11 is 1.50. The van der Waals surface area contributed by atoms with E-state index in [1.54, 1.807) is 11.1 Å². The summed E-state index contributed by atoms with van der Waals surface area (Å²) in [6, 6.07) is 19.9. The molecule has 0 unspecified atom stereocenters. The Morgan fingerprint density at radius 1 is 1.09 bits per heavy atom. The van der Waals surface area contributed by atoms with Crippen LogP contribution in [0.3, 0.4) is 0 Å². The molecule has 32 heavy (non-hydrogen) atoms. The normalized spacial score (nSPS) is 11.1. The zero-order chi connectivity index (χ0) is 22.5. The number of pyridine rings is 1. The quantitative estimate of drug-likeness (QED) is 0.334. The van der Waals surface area contributed by atoms with Gasteiger partial charge in [0.2, 0.25) is 5.91 Å². The second-order valence-corrected chi connectivity index (χ2v) is 8.94. The zero-order valence-corrected chi connectivity index (χ0v) is 19.4. The van der Waals surface area contributed by atoms with Crippen molar-refractivity contribution >= 4 is 32.6 Å². The fraction of sp³-hybridized carbons (Fsp3) is 0.269. The smallest absolute Gasteiger partial charge is 0.233 e. The average molecular weight is 446 g/mol. The molecule has 0 aliphatic rings. The van der Waals surface area contributed by atoms with E-state index in [1.807, 2.05) is 55.5 Å². The second kappa shape index (κ2) is 9.92. The van der Waals surface area contributed by atoms with Gasteiger partial charge in [0, 0.05) is 6.20 Å². The molecule has 4 rings (SSSR count). The summed E-state index contributed by atoms with van der Waals surface area (Å²) in [6.07, 6.45) is 2.06. The van der Waals surface area contributed by atoms with Gasteiger partial charge < -0.3 is 4.74 Å². The van der Waals surface area contributed by atoms with Crippen molar-refractivity contribution in [3.63, 3.8) is 0 Å². The number of benzene rings is 2. The third-order valence-electron chi connectivity index (χ3n) is 5.24. The lowest BCUT2D eigenvalue weighted by Gasteiger charge is -2.20. The van der Waals surface area contributed by atoms with Crippen molar-refractivity contribution in [2.45, 2.75) is 39.7 Å². The number of nitrogens with zero attached hydrogens (tertiary/aromatic N) is 3. The Bertz CT molecular complexity index is 1190. The first-order valence-corrected chi connectivity index (χ1v) is 11.7. The molecule has 0 saturated carbocycles. The van der Waals surface area contributed by atoms with Gasteiger partial charge in [-0.05, 0) is 54.3 Å². The van der Waals surface area contributed by atoms with E-state index in [9.17, 15) is 4.79 Å². The van der Waals surface area contributed by atoms with Gasteiger partial charge >= 0.3 is 0 Å². The van der Waals surface area contributed by atoms with Gasteiger partial charge in [0.05, 0.1) is 35.5 Å². The van der Waals surface area contributed by atoms with E-state index in [1.165, 1.54) is 16.9 Å². The van der Waals surface area contributed by atoms with Gasteiger partial charge in [-0.3, -0.25) is 14.7 Å². The van der Waals surface area contributed by atoms with Crippen molar-refractivity contribution in [2.24, 2.45) is 0 Å². The molecule has 0 spiro atoms. The number of amides is 1. The molecule has 6 heteroatoms. The van der Waals surface area contributed by atoms with Gasteiger partial charge in [0.25, 0.3) is 0 Å². The third kappa shape index (κ3) is 5.14. The molecular weight excluding hydrogens is 418 g/mol. The number of carbonyl (C=O) groups is 1. The standard InChI is InChI=1S/C26H27N3O2S/c1-4-31-22-12-13-23-24(16-22)32-26(28-23)29(17-21-7-5-6-14-27-21)25(30)15-19-8-10-20(11-9-19)18(2)3/h5-14,16,18H,4,15,17H2,1-3H3. The van der Waals surface area contributed by atoms with Crippen LogP contribution in [0.15, 0.2) is 66.9 Å². The Hall–Kier alpha value is -3.25. The summed E-state index contributed by atoms with van der Waals surface area (Å²) in [5.74, 6) is 1.27. The summed E-state index contributed by atoms with van der Waals surface area (Å²) in [6.45, 7) is 7.28. The molecule has 1 amide bonds. The van der Waals surface area contributed by atoms with Gasteiger partial charge in [-0.2, -0.15) is 0 Å². The molecule has 0 radical (unpaired) electrons. The highest BCUT2D eigenvalue weighted by atomic mass is 32.1. The molecule has 4 aromatic rings. The maximum atomic E-state index is 13.4. The van der Waals surface area contributed by atoms with Crippen LogP contribution in [0.1, 0.15) is 43.5 Å². The number of aromatic nitrogens is 2. The first-order valence-electron chi connectivity index (χ1n) is 10.9. The lowest BCUT2D eigenvalue weighted by Crippen LogP contribution is -2.32. The van der Waals surface area contributed by atoms with Crippen LogP contribution in [0, 0.1) is 0 Å². The highest BCUT2D eigenvalue weighted by molar-refractivity contribution is 7.22. The predicted octanol–water partition coefficient (Wildman–Crippen LogP) is 5.99. The number of carbonyl (C=O) groups excluding carboxylic acids is 1. The third-order valence-corrected chi connectivity index (χ3v) is 6.28. The highest BCUT2D eigenvalue weighted by Gasteiger charge is 2.21. The monoisotopic (exact) mass is 445 g/mol. The molecule has 0 fully saturated rings. The van der Waals surface area contributed by atoms with Crippen LogP contribution in [0.2, 0.25) is 0 Å². The molecule has 0 saturated heterocycles.